The van der Waals surface area contributed by atoms with Crippen molar-refractivity contribution in [2.75, 3.05) is 17.2 Å². The average Bonchev–Trinajstić information content (AvgIpc) is 3.27. The maximum absolute atomic E-state index is 12.6. The minimum Gasteiger partial charge on any atom is -0.462 e. The molecule has 0 aliphatic carbocycles. The summed E-state index contributed by atoms with van der Waals surface area (Å²) in [5, 5.41) is 18.5. The van der Waals surface area contributed by atoms with Crippen LogP contribution in [0.1, 0.15) is 27.7 Å². The molecule has 2 N–H and O–H groups in total. The van der Waals surface area contributed by atoms with Crippen molar-refractivity contribution >= 4 is 51.0 Å². The second-order valence-electron chi connectivity index (χ2n) is 7.77. The van der Waals surface area contributed by atoms with Gasteiger partial charge in [-0.3, -0.25) is 10.1 Å². The summed E-state index contributed by atoms with van der Waals surface area (Å²) in [6, 6.07) is 25.6. The van der Waals surface area contributed by atoms with Crippen molar-refractivity contribution in [3.05, 3.63) is 111 Å². The van der Waals surface area contributed by atoms with Crippen LogP contribution in [0.15, 0.2) is 84.9 Å². The molecule has 4 rings (SSSR count). The average molecular weight is 518 g/mol. The van der Waals surface area contributed by atoms with Gasteiger partial charge in [0.05, 0.1) is 22.7 Å². The van der Waals surface area contributed by atoms with E-state index in [-0.39, 0.29) is 12.3 Å². The summed E-state index contributed by atoms with van der Waals surface area (Å²) < 4.78 is 5.23. The molecule has 0 saturated heterocycles. The van der Waals surface area contributed by atoms with Crippen LogP contribution >= 0.6 is 23.6 Å². The summed E-state index contributed by atoms with van der Waals surface area (Å²) >= 11 is 6.94. The van der Waals surface area contributed by atoms with Crippen LogP contribution in [-0.2, 0) is 11.2 Å². The first-order valence-corrected chi connectivity index (χ1v) is 12.4. The van der Waals surface area contributed by atoms with E-state index in [2.05, 4.69) is 10.6 Å². The van der Waals surface area contributed by atoms with E-state index in [0.717, 1.165) is 16.0 Å². The molecular weight excluding hydrogens is 494 g/mol. The molecule has 0 bridgehead atoms. The van der Waals surface area contributed by atoms with Crippen molar-refractivity contribution < 1.29 is 14.5 Å². The number of carbonyl (C=O) groups excluding carboxylic acids is 1. The van der Waals surface area contributed by atoms with Gasteiger partial charge in [-0.15, -0.1) is 11.3 Å². The predicted molar refractivity (Wildman–Crippen MR) is 148 cm³/mol. The predicted octanol–water partition coefficient (Wildman–Crippen LogP) is 6.90. The van der Waals surface area contributed by atoms with Crippen molar-refractivity contribution in [1.82, 2.24) is 0 Å². The lowest BCUT2D eigenvalue weighted by molar-refractivity contribution is -0.384. The first-order chi connectivity index (χ1) is 17.4. The Morgan fingerprint density at radius 2 is 1.69 bits per heavy atom. The normalized spacial score (nSPS) is 10.5. The highest BCUT2D eigenvalue weighted by Gasteiger charge is 2.19. The van der Waals surface area contributed by atoms with Gasteiger partial charge in [-0.1, -0.05) is 54.6 Å². The van der Waals surface area contributed by atoms with Crippen LogP contribution < -0.4 is 10.6 Å². The number of hydrogen-bond donors (Lipinski definition) is 2. The SMILES string of the molecule is CCOC(=O)c1cc(Cc2ccccc2)sc1NC(=S)Nc1ccc(-c2ccccc2[N+](=O)[O-])cc1. The van der Waals surface area contributed by atoms with Gasteiger partial charge < -0.3 is 15.4 Å². The third-order valence-electron chi connectivity index (χ3n) is 5.28. The molecule has 0 aliphatic heterocycles. The molecule has 3 aromatic carbocycles. The quantitative estimate of drug-likeness (QED) is 0.114. The van der Waals surface area contributed by atoms with E-state index in [4.69, 9.17) is 17.0 Å². The molecule has 0 aliphatic rings. The fourth-order valence-corrected chi connectivity index (χ4v) is 5.02. The number of hydrogen-bond acceptors (Lipinski definition) is 6. The zero-order valence-corrected chi connectivity index (χ0v) is 21.0. The third kappa shape index (κ3) is 6.12. The number of thiocarbonyl (C=S) groups is 1. The third-order valence-corrected chi connectivity index (χ3v) is 6.54. The largest absolute Gasteiger partial charge is 0.462 e. The van der Waals surface area contributed by atoms with E-state index in [1.54, 1.807) is 49.4 Å². The number of carbonyl (C=O) groups is 1. The number of ether oxygens (including phenoxy) is 1. The highest BCUT2D eigenvalue weighted by molar-refractivity contribution is 7.80. The molecule has 7 nitrogen and oxygen atoms in total. The van der Waals surface area contributed by atoms with E-state index >= 15 is 0 Å². The Balaban J connectivity index is 1.49. The summed E-state index contributed by atoms with van der Waals surface area (Å²) in [5.74, 6) is -0.410. The minimum atomic E-state index is -0.410. The minimum absolute atomic E-state index is 0.0471. The molecule has 36 heavy (non-hydrogen) atoms. The van der Waals surface area contributed by atoms with Crippen molar-refractivity contribution in [3.63, 3.8) is 0 Å². The highest BCUT2D eigenvalue weighted by Crippen LogP contribution is 2.32. The Bertz CT molecular complexity index is 1390. The number of nitrogens with zero attached hydrogens (tertiary/aromatic N) is 1. The monoisotopic (exact) mass is 517 g/mol. The summed E-state index contributed by atoms with van der Waals surface area (Å²) in [4.78, 5) is 24.5. The number of nitrogens with one attached hydrogen (secondary N) is 2. The van der Waals surface area contributed by atoms with Crippen molar-refractivity contribution in [2.45, 2.75) is 13.3 Å². The Morgan fingerprint density at radius 1 is 1.00 bits per heavy atom. The number of nitro benzene ring substituents is 1. The standard InChI is InChI=1S/C27H23N3O4S2/c1-2-34-26(31)23-17-21(16-18-8-4-3-5-9-18)36-25(23)29-27(35)28-20-14-12-19(13-15-20)22-10-6-7-11-24(22)30(32)33/h3-15,17H,2,16H2,1H3,(H2,28,29,35). The number of esters is 1. The highest BCUT2D eigenvalue weighted by atomic mass is 32.1. The Hall–Kier alpha value is -4.08. The first-order valence-electron chi connectivity index (χ1n) is 11.2. The van der Waals surface area contributed by atoms with Crippen LogP contribution in [0.3, 0.4) is 0 Å². The molecule has 0 saturated carbocycles. The molecule has 0 unspecified atom stereocenters. The van der Waals surface area contributed by atoms with Crippen LogP contribution in [0.25, 0.3) is 11.1 Å². The lowest BCUT2D eigenvalue weighted by atomic mass is 10.0. The van der Waals surface area contributed by atoms with Gasteiger partial charge in [-0.25, -0.2) is 4.79 Å². The molecule has 4 aromatic rings. The van der Waals surface area contributed by atoms with Gasteiger partial charge in [-0.2, -0.15) is 0 Å². The summed E-state index contributed by atoms with van der Waals surface area (Å²) in [7, 11) is 0. The maximum Gasteiger partial charge on any atom is 0.341 e. The molecule has 0 radical (unpaired) electrons. The van der Waals surface area contributed by atoms with Crippen LogP contribution in [0, 0.1) is 10.1 Å². The van der Waals surface area contributed by atoms with Crippen LogP contribution in [0.2, 0.25) is 0 Å². The fraction of sp³-hybridized carbons (Fsp3) is 0.111. The molecule has 182 valence electrons. The zero-order chi connectivity index (χ0) is 25.5. The van der Waals surface area contributed by atoms with Gasteiger partial charge in [0.1, 0.15) is 5.00 Å². The van der Waals surface area contributed by atoms with Gasteiger partial charge in [-0.05, 0) is 54.5 Å². The van der Waals surface area contributed by atoms with E-state index in [0.29, 0.717) is 33.3 Å². The van der Waals surface area contributed by atoms with E-state index in [9.17, 15) is 14.9 Å². The molecule has 0 amide bonds. The second kappa shape index (κ2) is 11.6. The van der Waals surface area contributed by atoms with Gasteiger partial charge >= 0.3 is 5.97 Å². The van der Waals surface area contributed by atoms with Crippen LogP contribution in [0.5, 0.6) is 0 Å². The molecule has 1 aromatic heterocycles. The summed E-state index contributed by atoms with van der Waals surface area (Å²) in [6.07, 6.45) is 0.687. The van der Waals surface area contributed by atoms with Gasteiger partial charge in [0.2, 0.25) is 0 Å². The van der Waals surface area contributed by atoms with E-state index < -0.39 is 10.9 Å². The lowest BCUT2D eigenvalue weighted by Crippen LogP contribution is -2.20. The first kappa shape index (κ1) is 25.0. The fourth-order valence-electron chi connectivity index (χ4n) is 3.66. The Morgan fingerprint density at radius 3 is 2.39 bits per heavy atom. The van der Waals surface area contributed by atoms with Crippen molar-refractivity contribution in [2.24, 2.45) is 0 Å². The van der Waals surface area contributed by atoms with Crippen LogP contribution in [0.4, 0.5) is 16.4 Å². The van der Waals surface area contributed by atoms with E-state index in [1.807, 2.05) is 36.4 Å². The van der Waals surface area contributed by atoms with Gasteiger partial charge in [0.25, 0.3) is 5.69 Å². The molecule has 0 fully saturated rings. The van der Waals surface area contributed by atoms with E-state index in [1.165, 1.54) is 17.4 Å². The molecule has 0 spiro atoms. The molecular formula is C27H23N3O4S2. The Kier molecular flexibility index (Phi) is 8.04. The zero-order valence-electron chi connectivity index (χ0n) is 19.4. The molecule has 1 heterocycles. The number of anilines is 2. The number of nitro groups is 1. The number of thiophene rings is 1. The lowest BCUT2D eigenvalue weighted by Gasteiger charge is -2.11. The number of benzene rings is 3. The second-order valence-corrected chi connectivity index (χ2v) is 9.31. The smallest absolute Gasteiger partial charge is 0.341 e. The van der Waals surface area contributed by atoms with Gasteiger partial charge in [0, 0.05) is 23.1 Å². The summed E-state index contributed by atoms with van der Waals surface area (Å²) in [5.41, 5.74) is 3.58. The Labute approximate surface area is 217 Å². The van der Waals surface area contributed by atoms with Gasteiger partial charge in [0.15, 0.2) is 5.11 Å². The van der Waals surface area contributed by atoms with Crippen molar-refractivity contribution in [3.8, 4) is 11.1 Å². The maximum atomic E-state index is 12.6. The number of rotatable bonds is 8. The number of para-hydroxylation sites is 1. The topological polar surface area (TPSA) is 93.5 Å². The summed E-state index contributed by atoms with van der Waals surface area (Å²) in [6.45, 7) is 2.04. The molecule has 0 atom stereocenters. The van der Waals surface area contributed by atoms with Crippen LogP contribution in [-0.4, -0.2) is 22.6 Å². The van der Waals surface area contributed by atoms with Crippen molar-refractivity contribution in [1.29, 1.82) is 0 Å². The molecule has 9 heteroatoms.